The topological polar surface area (TPSA) is 78.9 Å². The van der Waals surface area contributed by atoms with Gasteiger partial charge in [0.15, 0.2) is 0 Å². The first kappa shape index (κ1) is 14.9. The third kappa shape index (κ3) is 3.16. The van der Waals surface area contributed by atoms with Crippen molar-refractivity contribution in [2.75, 3.05) is 13.1 Å². The number of nitrogens with two attached hydrogens (primary N) is 1. The van der Waals surface area contributed by atoms with E-state index in [0.717, 1.165) is 0 Å². The molecule has 5 nitrogen and oxygen atoms in total. The first-order chi connectivity index (χ1) is 9.52. The van der Waals surface area contributed by atoms with Crippen LogP contribution in [0, 0.1) is 5.92 Å². The summed E-state index contributed by atoms with van der Waals surface area (Å²) in [6.07, 6.45) is 1.33. The summed E-state index contributed by atoms with van der Waals surface area (Å²) in [5.74, 6) is 0.0900. The Morgan fingerprint density at radius 3 is 2.60 bits per heavy atom. The lowest BCUT2D eigenvalue weighted by molar-refractivity contribution is 0.0709. The zero-order valence-electron chi connectivity index (χ0n) is 10.7. The monoisotopic (exact) mass is 315 g/mol. The van der Waals surface area contributed by atoms with Crippen LogP contribution in [0.3, 0.4) is 0 Å². The number of carbonyl (C=O) groups is 1. The van der Waals surface area contributed by atoms with Crippen molar-refractivity contribution in [2.24, 2.45) is 16.8 Å². The average Bonchev–Trinajstić information content (AvgIpc) is 2.48. The van der Waals surface area contributed by atoms with E-state index in [9.17, 15) is 4.79 Å². The summed E-state index contributed by atoms with van der Waals surface area (Å²) in [4.78, 5) is 14.1. The van der Waals surface area contributed by atoms with E-state index >= 15 is 0 Å². The molecule has 7 heteroatoms. The van der Waals surface area contributed by atoms with Crippen LogP contribution in [0.25, 0.3) is 0 Å². The van der Waals surface area contributed by atoms with Crippen LogP contribution in [0.5, 0.6) is 0 Å². The zero-order valence-corrected chi connectivity index (χ0v) is 12.2. The number of benzene rings is 1. The lowest BCUT2D eigenvalue weighted by Crippen LogP contribution is -2.41. The van der Waals surface area contributed by atoms with Crippen molar-refractivity contribution in [1.82, 2.24) is 4.90 Å². The molecule has 0 unspecified atom stereocenters. The Morgan fingerprint density at radius 1 is 1.35 bits per heavy atom. The minimum atomic E-state index is -0.143. The van der Waals surface area contributed by atoms with Crippen LogP contribution in [-0.4, -0.2) is 34.9 Å². The fraction of sp³-hybridized carbons (Fsp3) is 0.385. The van der Waals surface area contributed by atoms with E-state index < -0.39 is 0 Å². The van der Waals surface area contributed by atoms with Crippen molar-refractivity contribution in [1.29, 1.82) is 0 Å². The normalized spacial score (nSPS) is 17.3. The molecule has 0 bridgehead atoms. The van der Waals surface area contributed by atoms with E-state index in [1.807, 2.05) is 0 Å². The van der Waals surface area contributed by atoms with Gasteiger partial charge in [0.2, 0.25) is 0 Å². The predicted octanol–water partition coefficient (Wildman–Crippen LogP) is 2.59. The number of hydrogen-bond acceptors (Lipinski definition) is 3. The zero-order chi connectivity index (χ0) is 14.7. The van der Waals surface area contributed by atoms with Gasteiger partial charge in [0.1, 0.15) is 5.84 Å². The largest absolute Gasteiger partial charge is 0.409 e. The van der Waals surface area contributed by atoms with E-state index in [2.05, 4.69) is 5.16 Å². The van der Waals surface area contributed by atoms with Gasteiger partial charge in [-0.25, -0.2) is 0 Å². The molecule has 0 spiro atoms. The average molecular weight is 316 g/mol. The highest BCUT2D eigenvalue weighted by atomic mass is 35.5. The quantitative estimate of drug-likeness (QED) is 0.381. The van der Waals surface area contributed by atoms with Crippen LogP contribution in [0.2, 0.25) is 10.0 Å². The minimum Gasteiger partial charge on any atom is -0.409 e. The molecule has 0 atom stereocenters. The van der Waals surface area contributed by atoms with Crippen molar-refractivity contribution in [3.63, 3.8) is 0 Å². The highest BCUT2D eigenvalue weighted by Gasteiger charge is 2.26. The number of oxime groups is 1. The fourth-order valence-electron chi connectivity index (χ4n) is 2.29. The van der Waals surface area contributed by atoms with Crippen molar-refractivity contribution in [2.45, 2.75) is 12.8 Å². The molecule has 1 fully saturated rings. The fourth-order valence-corrected chi connectivity index (χ4v) is 2.66. The molecule has 1 amide bonds. The smallest absolute Gasteiger partial charge is 0.255 e. The maximum atomic E-state index is 12.4. The summed E-state index contributed by atoms with van der Waals surface area (Å²) >= 11 is 11.9. The second-order valence-corrected chi connectivity index (χ2v) is 5.56. The molecule has 0 radical (unpaired) electrons. The number of amidine groups is 1. The Hall–Kier alpha value is -1.46. The Bertz CT molecular complexity index is 540. The molecule has 20 heavy (non-hydrogen) atoms. The Balaban J connectivity index is 2.07. The highest BCUT2D eigenvalue weighted by Crippen LogP contribution is 2.25. The highest BCUT2D eigenvalue weighted by molar-refractivity contribution is 6.35. The molecule has 2 rings (SSSR count). The number of amides is 1. The summed E-state index contributed by atoms with van der Waals surface area (Å²) in [5.41, 5.74) is 5.99. The number of halogens is 2. The second kappa shape index (κ2) is 6.33. The van der Waals surface area contributed by atoms with Gasteiger partial charge in [-0.05, 0) is 31.0 Å². The summed E-state index contributed by atoms with van der Waals surface area (Å²) in [7, 11) is 0. The van der Waals surface area contributed by atoms with Gasteiger partial charge in [-0.3, -0.25) is 4.79 Å². The van der Waals surface area contributed by atoms with Crippen molar-refractivity contribution in [3.05, 3.63) is 33.8 Å². The molecule has 3 N–H and O–H groups in total. The molecule has 108 valence electrons. The standard InChI is InChI=1S/C13H15Cl2N3O2/c14-9-1-2-11(15)10(7-9)13(19)18-5-3-8(4-6-18)12(16)17-20/h1-2,7-8,20H,3-6H2,(H2,16,17). The SMILES string of the molecule is NC(=NO)C1CCN(C(=O)c2cc(Cl)ccc2Cl)CC1. The number of hydrogen-bond donors (Lipinski definition) is 2. The van der Waals surface area contributed by atoms with Gasteiger partial charge in [0.25, 0.3) is 5.91 Å². The van der Waals surface area contributed by atoms with Crippen molar-refractivity contribution < 1.29 is 10.0 Å². The summed E-state index contributed by atoms with van der Waals surface area (Å²) in [6, 6.07) is 4.83. The van der Waals surface area contributed by atoms with Gasteiger partial charge in [-0.15, -0.1) is 0 Å². The van der Waals surface area contributed by atoms with E-state index in [1.54, 1.807) is 23.1 Å². The minimum absolute atomic E-state index is 0.0129. The number of rotatable bonds is 2. The molecule has 1 heterocycles. The summed E-state index contributed by atoms with van der Waals surface area (Å²) in [5, 5.41) is 12.5. The number of piperidine rings is 1. The molecular weight excluding hydrogens is 301 g/mol. The van der Waals surface area contributed by atoms with E-state index in [4.69, 9.17) is 34.1 Å². The van der Waals surface area contributed by atoms with Crippen LogP contribution >= 0.6 is 23.2 Å². The summed E-state index contributed by atoms with van der Waals surface area (Å²) in [6.45, 7) is 1.09. The molecule has 0 aromatic heterocycles. The lowest BCUT2D eigenvalue weighted by atomic mass is 9.95. The number of carbonyl (C=O) groups excluding carboxylic acids is 1. The van der Waals surface area contributed by atoms with Gasteiger partial charge in [-0.2, -0.15) is 0 Å². The molecule has 1 aliphatic heterocycles. The van der Waals surface area contributed by atoms with Gasteiger partial charge < -0.3 is 15.8 Å². The first-order valence-electron chi connectivity index (χ1n) is 6.24. The van der Waals surface area contributed by atoms with E-state index in [0.29, 0.717) is 41.5 Å². The Morgan fingerprint density at radius 2 is 2.00 bits per heavy atom. The molecule has 1 aliphatic rings. The van der Waals surface area contributed by atoms with Crippen LogP contribution in [0.1, 0.15) is 23.2 Å². The Labute approximate surface area is 126 Å². The van der Waals surface area contributed by atoms with Crippen LogP contribution in [0.4, 0.5) is 0 Å². The second-order valence-electron chi connectivity index (χ2n) is 4.72. The number of likely N-dealkylation sites (tertiary alicyclic amines) is 1. The Kier molecular flexibility index (Phi) is 4.73. The number of nitrogens with zero attached hydrogens (tertiary/aromatic N) is 2. The van der Waals surface area contributed by atoms with Crippen LogP contribution < -0.4 is 5.73 Å². The molecule has 1 saturated heterocycles. The maximum absolute atomic E-state index is 12.4. The van der Waals surface area contributed by atoms with Crippen LogP contribution in [-0.2, 0) is 0 Å². The third-order valence-corrected chi connectivity index (χ3v) is 4.04. The summed E-state index contributed by atoms with van der Waals surface area (Å²) < 4.78 is 0. The van der Waals surface area contributed by atoms with Crippen molar-refractivity contribution >= 4 is 34.9 Å². The third-order valence-electron chi connectivity index (χ3n) is 3.47. The molecule has 0 aliphatic carbocycles. The van der Waals surface area contributed by atoms with Crippen LogP contribution in [0.15, 0.2) is 23.4 Å². The maximum Gasteiger partial charge on any atom is 0.255 e. The predicted molar refractivity (Wildman–Crippen MR) is 78.5 cm³/mol. The van der Waals surface area contributed by atoms with Crippen molar-refractivity contribution in [3.8, 4) is 0 Å². The van der Waals surface area contributed by atoms with Gasteiger partial charge in [-0.1, -0.05) is 28.4 Å². The molecule has 1 aromatic rings. The lowest BCUT2D eigenvalue weighted by Gasteiger charge is -2.31. The van der Waals surface area contributed by atoms with Gasteiger partial charge in [0, 0.05) is 24.0 Å². The molecule has 1 aromatic carbocycles. The van der Waals surface area contributed by atoms with E-state index in [1.165, 1.54) is 0 Å². The van der Waals surface area contributed by atoms with Gasteiger partial charge in [0.05, 0.1) is 10.6 Å². The van der Waals surface area contributed by atoms with Gasteiger partial charge >= 0.3 is 0 Å². The molecular formula is C13H15Cl2N3O2. The first-order valence-corrected chi connectivity index (χ1v) is 7.00. The molecule has 0 saturated carbocycles. The van der Waals surface area contributed by atoms with E-state index in [-0.39, 0.29) is 17.7 Å².